The third-order valence-corrected chi connectivity index (χ3v) is 4.80. The number of benzene rings is 1. The first kappa shape index (κ1) is 14.1. The Morgan fingerprint density at radius 1 is 0.957 bits per heavy atom. The summed E-state index contributed by atoms with van der Waals surface area (Å²) in [5.41, 5.74) is 2.10. The summed E-state index contributed by atoms with van der Waals surface area (Å²) < 4.78 is 5.61. The van der Waals surface area contributed by atoms with E-state index in [1.807, 2.05) is 18.2 Å². The topological polar surface area (TPSA) is 38.2 Å². The van der Waals surface area contributed by atoms with Gasteiger partial charge in [0.15, 0.2) is 11.6 Å². The number of nitrogens with zero attached hydrogens (tertiary/aromatic N) is 3. The highest BCUT2D eigenvalue weighted by Crippen LogP contribution is 2.50. The predicted octanol–water partition coefficient (Wildman–Crippen LogP) is 4.73. The molecule has 0 N–H and O–H groups in total. The average Bonchev–Trinajstić information content (AvgIpc) is 2.60. The molecular weight excluding hydrogens is 306 g/mol. The van der Waals surface area contributed by atoms with E-state index in [0.717, 1.165) is 38.4 Å². The first-order valence-corrected chi connectivity index (χ1v) is 8.12. The van der Waals surface area contributed by atoms with E-state index in [4.69, 9.17) is 4.74 Å². The van der Waals surface area contributed by atoms with Crippen LogP contribution in [0.2, 0.25) is 0 Å². The molecule has 1 aliphatic heterocycles. The number of pyridine rings is 2. The zero-order valence-corrected chi connectivity index (χ0v) is 13.7. The van der Waals surface area contributed by atoms with Crippen LogP contribution in [0.3, 0.4) is 0 Å². The second-order valence-corrected chi connectivity index (χ2v) is 6.35. The minimum Gasteiger partial charge on any atom is -0.495 e. The lowest BCUT2D eigenvalue weighted by atomic mass is 10.2. The number of fused-ring (bicyclic) bond motifs is 2. The third kappa shape index (κ3) is 2.33. The van der Waals surface area contributed by atoms with Gasteiger partial charge in [-0.2, -0.15) is 0 Å². The van der Waals surface area contributed by atoms with Crippen molar-refractivity contribution in [3.63, 3.8) is 0 Å². The second kappa shape index (κ2) is 5.59. The van der Waals surface area contributed by atoms with Gasteiger partial charge in [-0.25, -0.2) is 9.97 Å². The number of aromatic nitrogens is 2. The van der Waals surface area contributed by atoms with E-state index < -0.39 is 0 Å². The van der Waals surface area contributed by atoms with Crippen molar-refractivity contribution in [3.05, 3.63) is 60.4 Å². The van der Waals surface area contributed by atoms with Crippen molar-refractivity contribution in [2.75, 3.05) is 12.0 Å². The Kier molecular flexibility index (Phi) is 3.42. The highest BCUT2D eigenvalue weighted by atomic mass is 32.2. The van der Waals surface area contributed by atoms with Crippen LogP contribution in [0.25, 0.3) is 0 Å². The van der Waals surface area contributed by atoms with Crippen LogP contribution >= 0.6 is 11.8 Å². The van der Waals surface area contributed by atoms with Crippen molar-refractivity contribution in [1.29, 1.82) is 0 Å². The van der Waals surface area contributed by atoms with Crippen molar-refractivity contribution in [2.24, 2.45) is 0 Å². The summed E-state index contributed by atoms with van der Waals surface area (Å²) in [6, 6.07) is 14.2. The van der Waals surface area contributed by atoms with Crippen molar-refractivity contribution in [1.82, 2.24) is 9.97 Å². The molecule has 0 aliphatic carbocycles. The number of rotatable bonds is 2. The van der Waals surface area contributed by atoms with E-state index in [1.165, 1.54) is 0 Å². The summed E-state index contributed by atoms with van der Waals surface area (Å²) in [6.07, 6.45) is 3.61. The first-order valence-electron chi connectivity index (χ1n) is 7.30. The quantitative estimate of drug-likeness (QED) is 0.534. The lowest BCUT2D eigenvalue weighted by Crippen LogP contribution is -2.18. The summed E-state index contributed by atoms with van der Waals surface area (Å²) in [5.74, 6) is 2.57. The van der Waals surface area contributed by atoms with Crippen LogP contribution in [0.5, 0.6) is 5.75 Å². The largest absolute Gasteiger partial charge is 0.495 e. The minimum absolute atomic E-state index is 0.810. The number of anilines is 3. The van der Waals surface area contributed by atoms with Crippen molar-refractivity contribution < 1.29 is 4.74 Å². The molecule has 3 aromatic rings. The lowest BCUT2D eigenvalue weighted by Gasteiger charge is -2.31. The Morgan fingerprint density at radius 3 is 2.22 bits per heavy atom. The first-order chi connectivity index (χ1) is 11.3. The molecule has 0 unspecified atom stereocenters. The Labute approximate surface area is 139 Å². The molecule has 23 heavy (non-hydrogen) atoms. The fourth-order valence-electron chi connectivity index (χ4n) is 2.68. The van der Waals surface area contributed by atoms with Gasteiger partial charge in [-0.3, -0.25) is 4.90 Å². The molecule has 0 amide bonds. The fraction of sp³-hybridized carbons (Fsp3) is 0.111. The normalized spacial score (nSPS) is 12.5. The third-order valence-electron chi connectivity index (χ3n) is 3.72. The molecule has 0 spiro atoms. The lowest BCUT2D eigenvalue weighted by molar-refractivity contribution is 0.415. The van der Waals surface area contributed by atoms with Crippen LogP contribution in [0, 0.1) is 6.92 Å². The Morgan fingerprint density at radius 2 is 1.61 bits per heavy atom. The van der Waals surface area contributed by atoms with Gasteiger partial charge in [0.05, 0.1) is 22.6 Å². The second-order valence-electron chi connectivity index (χ2n) is 5.26. The smallest absolute Gasteiger partial charge is 0.152 e. The van der Waals surface area contributed by atoms with Crippen LogP contribution in [0.15, 0.2) is 64.6 Å². The van der Waals surface area contributed by atoms with Gasteiger partial charge < -0.3 is 4.74 Å². The van der Waals surface area contributed by atoms with Crippen molar-refractivity contribution in [3.8, 4) is 5.75 Å². The van der Waals surface area contributed by atoms with Crippen LogP contribution in [0.4, 0.5) is 17.3 Å². The molecule has 0 saturated heterocycles. The van der Waals surface area contributed by atoms with E-state index in [-0.39, 0.29) is 0 Å². The van der Waals surface area contributed by atoms with Crippen LogP contribution in [0.1, 0.15) is 5.56 Å². The monoisotopic (exact) mass is 321 g/mol. The molecule has 1 aromatic carbocycles. The SMILES string of the molecule is COc1cc(C)ccc1N1c2ncccc2Sc2cccnc21. The van der Waals surface area contributed by atoms with Gasteiger partial charge in [-0.1, -0.05) is 17.8 Å². The van der Waals surface area contributed by atoms with Crippen LogP contribution in [-0.4, -0.2) is 17.1 Å². The summed E-state index contributed by atoms with van der Waals surface area (Å²) in [7, 11) is 1.69. The van der Waals surface area contributed by atoms with Gasteiger partial charge in [-0.05, 0) is 48.9 Å². The van der Waals surface area contributed by atoms with Crippen LogP contribution < -0.4 is 9.64 Å². The summed E-state index contributed by atoms with van der Waals surface area (Å²) >= 11 is 1.69. The van der Waals surface area contributed by atoms with Gasteiger partial charge >= 0.3 is 0 Å². The number of methoxy groups -OCH3 is 1. The molecule has 114 valence electrons. The van der Waals surface area contributed by atoms with Crippen molar-refractivity contribution >= 4 is 29.1 Å². The number of hydrogen-bond donors (Lipinski definition) is 0. The molecule has 3 heterocycles. The van der Waals surface area contributed by atoms with Crippen LogP contribution in [-0.2, 0) is 0 Å². The van der Waals surface area contributed by atoms with Gasteiger partial charge in [0.25, 0.3) is 0 Å². The number of hydrogen-bond acceptors (Lipinski definition) is 5. The highest BCUT2D eigenvalue weighted by molar-refractivity contribution is 7.99. The maximum atomic E-state index is 5.61. The van der Waals surface area contributed by atoms with E-state index in [9.17, 15) is 0 Å². The fourth-order valence-corrected chi connectivity index (χ4v) is 3.68. The Hall–Kier alpha value is -2.53. The average molecular weight is 321 g/mol. The molecule has 2 aromatic heterocycles. The predicted molar refractivity (Wildman–Crippen MR) is 92.1 cm³/mol. The Bertz CT molecular complexity index is 836. The summed E-state index contributed by atoms with van der Waals surface area (Å²) in [5, 5.41) is 0. The van der Waals surface area contributed by atoms with E-state index in [1.54, 1.807) is 31.3 Å². The molecule has 0 fully saturated rings. The van der Waals surface area contributed by atoms with Crippen molar-refractivity contribution in [2.45, 2.75) is 16.7 Å². The number of ether oxygens (including phenoxy) is 1. The zero-order chi connectivity index (χ0) is 15.8. The van der Waals surface area contributed by atoms with Gasteiger partial charge in [-0.15, -0.1) is 0 Å². The van der Waals surface area contributed by atoms with E-state index >= 15 is 0 Å². The summed E-state index contributed by atoms with van der Waals surface area (Å²) in [6.45, 7) is 2.05. The highest BCUT2D eigenvalue weighted by Gasteiger charge is 2.28. The molecule has 4 rings (SSSR count). The zero-order valence-electron chi connectivity index (χ0n) is 12.9. The number of aryl methyl sites for hydroxylation is 1. The maximum Gasteiger partial charge on any atom is 0.152 e. The maximum absolute atomic E-state index is 5.61. The molecule has 0 radical (unpaired) electrons. The molecular formula is C18H15N3OS. The molecule has 4 nitrogen and oxygen atoms in total. The molecule has 0 bridgehead atoms. The molecule has 1 aliphatic rings. The van der Waals surface area contributed by atoms with Gasteiger partial charge in [0.1, 0.15) is 5.75 Å². The Balaban J connectivity index is 1.98. The molecule has 0 saturated carbocycles. The minimum atomic E-state index is 0.810. The standard InChI is InChI=1S/C18H15N3OS/c1-12-7-8-13(14(11-12)22-2)21-17-15(5-3-9-19-17)23-16-6-4-10-20-18(16)21/h3-11H,1-2H3. The molecule has 5 heteroatoms. The van der Waals surface area contributed by atoms with E-state index in [0.29, 0.717) is 0 Å². The van der Waals surface area contributed by atoms with Gasteiger partial charge in [0.2, 0.25) is 0 Å². The van der Waals surface area contributed by atoms with Gasteiger partial charge in [0, 0.05) is 12.4 Å². The molecule has 0 atom stereocenters. The van der Waals surface area contributed by atoms with E-state index in [2.05, 4.69) is 46.1 Å². The summed E-state index contributed by atoms with van der Waals surface area (Å²) in [4.78, 5) is 13.4.